The summed E-state index contributed by atoms with van der Waals surface area (Å²) in [6, 6.07) is 11.5. The van der Waals surface area contributed by atoms with Gasteiger partial charge in [0, 0.05) is 12.2 Å². The van der Waals surface area contributed by atoms with Crippen molar-refractivity contribution in [2.45, 2.75) is 6.54 Å². The van der Waals surface area contributed by atoms with Gasteiger partial charge in [0.05, 0.1) is 11.6 Å². The number of halogens is 1. The van der Waals surface area contributed by atoms with Crippen LogP contribution in [0.4, 0.5) is 17.2 Å². The maximum atomic E-state index is 11.6. The van der Waals surface area contributed by atoms with E-state index in [1.807, 2.05) is 30.3 Å². The Balaban J connectivity index is 2.02. The predicted octanol–water partition coefficient (Wildman–Crippen LogP) is 3.17. The Morgan fingerprint density at radius 1 is 1.21 bits per heavy atom. The lowest BCUT2D eigenvalue weighted by molar-refractivity contribution is 0.101. The monoisotopic (exact) mass is 273 g/mol. The van der Waals surface area contributed by atoms with Crippen LogP contribution in [0.25, 0.3) is 0 Å². The van der Waals surface area contributed by atoms with Crippen molar-refractivity contribution in [3.05, 3.63) is 47.7 Å². The molecule has 0 amide bonds. The standard InChI is InChI=1S/C14H12ClN3O/c15-7-13(19)11-5-6-12-14(18-11)17-10-4-2-1-3-9(10)8-16-12/h1-6,16H,7-8H2,(H,17,18). The van der Waals surface area contributed by atoms with Gasteiger partial charge in [0.25, 0.3) is 0 Å². The first-order valence-electron chi connectivity index (χ1n) is 5.97. The average molecular weight is 274 g/mol. The number of benzene rings is 1. The first-order valence-corrected chi connectivity index (χ1v) is 6.50. The largest absolute Gasteiger partial charge is 0.378 e. The molecule has 0 saturated heterocycles. The Kier molecular flexibility index (Phi) is 3.09. The molecule has 5 heteroatoms. The highest BCUT2D eigenvalue weighted by molar-refractivity contribution is 6.30. The molecule has 3 rings (SSSR count). The van der Waals surface area contributed by atoms with E-state index < -0.39 is 0 Å². The number of nitrogens with one attached hydrogen (secondary N) is 2. The minimum Gasteiger partial charge on any atom is -0.378 e. The van der Waals surface area contributed by atoms with Crippen LogP contribution >= 0.6 is 11.6 Å². The first-order chi connectivity index (χ1) is 9.28. The average Bonchev–Trinajstić information content (AvgIpc) is 2.64. The second-order valence-electron chi connectivity index (χ2n) is 4.29. The van der Waals surface area contributed by atoms with E-state index in [2.05, 4.69) is 15.6 Å². The summed E-state index contributed by atoms with van der Waals surface area (Å²) in [6.07, 6.45) is 0. The van der Waals surface area contributed by atoms with Gasteiger partial charge in [-0.3, -0.25) is 4.79 Å². The number of pyridine rings is 1. The number of rotatable bonds is 2. The summed E-state index contributed by atoms with van der Waals surface area (Å²) in [7, 11) is 0. The molecule has 0 saturated carbocycles. The summed E-state index contributed by atoms with van der Waals surface area (Å²) >= 11 is 5.56. The number of aromatic nitrogens is 1. The number of carbonyl (C=O) groups is 1. The molecule has 0 atom stereocenters. The van der Waals surface area contributed by atoms with Gasteiger partial charge in [-0.25, -0.2) is 4.98 Å². The Hall–Kier alpha value is -2.07. The van der Waals surface area contributed by atoms with E-state index in [1.54, 1.807) is 6.07 Å². The third kappa shape index (κ3) is 2.27. The second kappa shape index (κ2) is 4.90. The molecule has 2 N–H and O–H groups in total. The first kappa shape index (κ1) is 12.0. The molecule has 0 unspecified atom stereocenters. The molecule has 4 nitrogen and oxygen atoms in total. The summed E-state index contributed by atoms with van der Waals surface area (Å²) in [5.41, 5.74) is 3.41. The maximum Gasteiger partial charge on any atom is 0.195 e. The second-order valence-corrected chi connectivity index (χ2v) is 4.55. The Bertz CT molecular complexity index is 642. The molecule has 0 fully saturated rings. The molecule has 1 aromatic heterocycles. The fraction of sp³-hybridized carbons (Fsp3) is 0.143. The number of ketones is 1. The zero-order chi connectivity index (χ0) is 13.2. The third-order valence-corrected chi connectivity index (χ3v) is 3.28. The quantitative estimate of drug-likeness (QED) is 0.652. The SMILES string of the molecule is O=C(CCl)c1ccc2c(n1)Nc1ccccc1CN2. The van der Waals surface area contributed by atoms with Crippen LogP contribution in [0.15, 0.2) is 36.4 Å². The van der Waals surface area contributed by atoms with Gasteiger partial charge in [0.1, 0.15) is 5.69 Å². The van der Waals surface area contributed by atoms with Crippen LogP contribution < -0.4 is 10.6 Å². The number of hydrogen-bond acceptors (Lipinski definition) is 4. The van der Waals surface area contributed by atoms with Crippen molar-refractivity contribution < 1.29 is 4.79 Å². The zero-order valence-corrected chi connectivity index (χ0v) is 10.9. The van der Waals surface area contributed by atoms with Crippen molar-refractivity contribution in [1.29, 1.82) is 0 Å². The number of hydrogen-bond donors (Lipinski definition) is 2. The molecule has 1 aliphatic heterocycles. The molecule has 19 heavy (non-hydrogen) atoms. The highest BCUT2D eigenvalue weighted by Gasteiger charge is 2.15. The van der Waals surface area contributed by atoms with Gasteiger partial charge in [-0.1, -0.05) is 18.2 Å². The van der Waals surface area contributed by atoms with E-state index in [0.29, 0.717) is 11.5 Å². The number of carbonyl (C=O) groups excluding carboxylic acids is 1. The molecule has 0 aliphatic carbocycles. The fourth-order valence-electron chi connectivity index (χ4n) is 2.04. The van der Waals surface area contributed by atoms with E-state index in [1.165, 1.54) is 0 Å². The summed E-state index contributed by atoms with van der Waals surface area (Å²) in [6.45, 7) is 0.723. The van der Waals surface area contributed by atoms with Crippen molar-refractivity contribution >= 4 is 34.6 Å². The minimum atomic E-state index is -0.177. The van der Waals surface area contributed by atoms with Crippen LogP contribution in [-0.2, 0) is 6.54 Å². The van der Waals surface area contributed by atoms with Gasteiger partial charge >= 0.3 is 0 Å². The Morgan fingerprint density at radius 3 is 2.89 bits per heavy atom. The molecule has 0 spiro atoms. The Labute approximate surface area is 115 Å². The van der Waals surface area contributed by atoms with Crippen LogP contribution in [0.3, 0.4) is 0 Å². The smallest absolute Gasteiger partial charge is 0.195 e. The number of anilines is 3. The highest BCUT2D eigenvalue weighted by Crippen LogP contribution is 2.30. The summed E-state index contributed by atoms with van der Waals surface area (Å²) in [5, 5.41) is 6.55. The molecule has 1 aliphatic rings. The van der Waals surface area contributed by atoms with Gasteiger partial charge in [0.2, 0.25) is 0 Å². The summed E-state index contributed by atoms with van der Waals surface area (Å²) < 4.78 is 0. The van der Waals surface area contributed by atoms with Gasteiger partial charge in [-0.2, -0.15) is 0 Å². The number of alkyl halides is 1. The van der Waals surface area contributed by atoms with Crippen molar-refractivity contribution in [1.82, 2.24) is 4.98 Å². The normalized spacial score (nSPS) is 12.5. The van der Waals surface area contributed by atoms with E-state index >= 15 is 0 Å². The molecule has 2 aromatic rings. The topological polar surface area (TPSA) is 54.0 Å². The molecule has 96 valence electrons. The lowest BCUT2D eigenvalue weighted by Gasteiger charge is -2.09. The number of fused-ring (bicyclic) bond motifs is 2. The summed E-state index contributed by atoms with van der Waals surface area (Å²) in [5.74, 6) is 0.417. The van der Waals surface area contributed by atoms with Gasteiger partial charge < -0.3 is 10.6 Å². The van der Waals surface area contributed by atoms with Crippen molar-refractivity contribution in [3.8, 4) is 0 Å². The molecular formula is C14H12ClN3O. The van der Waals surface area contributed by atoms with Gasteiger partial charge in [-0.05, 0) is 23.8 Å². The van der Waals surface area contributed by atoms with Crippen molar-refractivity contribution in [3.63, 3.8) is 0 Å². The minimum absolute atomic E-state index is 0.0597. The lowest BCUT2D eigenvalue weighted by atomic mass is 10.2. The van der Waals surface area contributed by atoms with Crippen LogP contribution in [0.1, 0.15) is 16.1 Å². The van der Waals surface area contributed by atoms with Crippen LogP contribution in [0, 0.1) is 0 Å². The van der Waals surface area contributed by atoms with Crippen molar-refractivity contribution in [2.24, 2.45) is 0 Å². The molecule has 0 radical (unpaired) electrons. The van der Waals surface area contributed by atoms with E-state index in [-0.39, 0.29) is 11.7 Å². The lowest BCUT2D eigenvalue weighted by Crippen LogP contribution is -2.06. The molecule has 0 bridgehead atoms. The third-order valence-electron chi connectivity index (χ3n) is 3.04. The molecule has 1 aromatic carbocycles. The predicted molar refractivity (Wildman–Crippen MR) is 76.3 cm³/mol. The van der Waals surface area contributed by atoms with Gasteiger partial charge in [0.15, 0.2) is 11.6 Å². The number of nitrogens with zero attached hydrogens (tertiary/aromatic N) is 1. The van der Waals surface area contributed by atoms with Crippen molar-refractivity contribution in [2.75, 3.05) is 16.5 Å². The van der Waals surface area contributed by atoms with Crippen LogP contribution in [0.5, 0.6) is 0 Å². The number of Topliss-reactive ketones (excluding diaryl/α,β-unsaturated/α-hetero) is 1. The van der Waals surface area contributed by atoms with Crippen LogP contribution in [0.2, 0.25) is 0 Å². The highest BCUT2D eigenvalue weighted by atomic mass is 35.5. The Morgan fingerprint density at radius 2 is 2.05 bits per heavy atom. The van der Waals surface area contributed by atoms with E-state index in [4.69, 9.17) is 11.6 Å². The van der Waals surface area contributed by atoms with E-state index in [0.717, 1.165) is 23.5 Å². The zero-order valence-electron chi connectivity index (χ0n) is 10.1. The molecule has 2 heterocycles. The fourth-order valence-corrected chi connectivity index (χ4v) is 2.17. The summed E-state index contributed by atoms with van der Waals surface area (Å²) in [4.78, 5) is 15.9. The van der Waals surface area contributed by atoms with Crippen LogP contribution in [-0.4, -0.2) is 16.6 Å². The maximum absolute atomic E-state index is 11.6. The number of para-hydroxylation sites is 1. The van der Waals surface area contributed by atoms with Gasteiger partial charge in [-0.15, -0.1) is 11.6 Å². The molecular weight excluding hydrogens is 262 g/mol. The van der Waals surface area contributed by atoms with E-state index in [9.17, 15) is 4.79 Å².